The van der Waals surface area contributed by atoms with Crippen molar-refractivity contribution >= 4 is 33.5 Å². The first-order chi connectivity index (χ1) is 7.18. The highest BCUT2D eigenvalue weighted by Gasteiger charge is 2.21. The normalized spacial score (nSPS) is 21.8. The van der Waals surface area contributed by atoms with Gasteiger partial charge in [-0.05, 0) is 41.4 Å². The second-order valence-electron chi connectivity index (χ2n) is 3.94. The second-order valence-corrected chi connectivity index (χ2v) is 5.94. The zero-order valence-corrected chi connectivity index (χ0v) is 11.4. The van der Waals surface area contributed by atoms with Crippen LogP contribution >= 0.6 is 27.7 Å². The monoisotopic (exact) mass is 286 g/mol. The lowest BCUT2D eigenvalue weighted by Gasteiger charge is -2.34. The summed E-state index contributed by atoms with van der Waals surface area (Å²) in [5, 5.41) is 0. The number of hydrogen-bond donors (Lipinski definition) is 0. The predicted molar refractivity (Wildman–Crippen MR) is 70.8 cm³/mol. The van der Waals surface area contributed by atoms with Gasteiger partial charge in [-0.1, -0.05) is 0 Å². The molecule has 1 aliphatic heterocycles. The van der Waals surface area contributed by atoms with Crippen LogP contribution in [0.5, 0.6) is 0 Å². The highest BCUT2D eigenvalue weighted by atomic mass is 79.9. The van der Waals surface area contributed by atoms with Crippen molar-refractivity contribution in [1.29, 1.82) is 0 Å². The van der Waals surface area contributed by atoms with Gasteiger partial charge in [-0.2, -0.15) is 11.8 Å². The average molecular weight is 287 g/mol. The van der Waals surface area contributed by atoms with Gasteiger partial charge < -0.3 is 4.90 Å². The number of pyridine rings is 1. The van der Waals surface area contributed by atoms with Crippen molar-refractivity contribution in [2.45, 2.75) is 19.9 Å². The number of hydrogen-bond acceptors (Lipinski definition) is 3. The Bertz CT molecular complexity index is 356. The molecular formula is C11H15BrN2S. The molecule has 0 spiro atoms. The van der Waals surface area contributed by atoms with Crippen molar-refractivity contribution in [1.82, 2.24) is 4.98 Å². The maximum atomic E-state index is 4.52. The van der Waals surface area contributed by atoms with Crippen LogP contribution < -0.4 is 4.90 Å². The predicted octanol–water partition coefficient (Wildman–Crippen LogP) is 3.09. The first-order valence-electron chi connectivity index (χ1n) is 5.15. The van der Waals surface area contributed by atoms with Crippen molar-refractivity contribution in [3.05, 3.63) is 22.3 Å². The fourth-order valence-corrected chi connectivity index (χ4v) is 3.48. The topological polar surface area (TPSA) is 16.1 Å². The molecular weight excluding hydrogens is 272 g/mol. The third kappa shape index (κ3) is 2.48. The zero-order valence-electron chi connectivity index (χ0n) is 9.03. The lowest BCUT2D eigenvalue weighted by molar-refractivity contribution is 0.688. The molecule has 0 bridgehead atoms. The summed E-state index contributed by atoms with van der Waals surface area (Å²) < 4.78 is 1.11. The Morgan fingerprint density at radius 2 is 2.40 bits per heavy atom. The molecule has 1 aromatic rings. The van der Waals surface area contributed by atoms with E-state index in [9.17, 15) is 0 Å². The van der Waals surface area contributed by atoms with Gasteiger partial charge in [0.2, 0.25) is 0 Å². The maximum absolute atomic E-state index is 4.52. The molecule has 1 aromatic heterocycles. The smallest absolute Gasteiger partial charge is 0.143 e. The number of rotatable bonds is 1. The number of thioether (sulfide) groups is 1. The molecule has 2 heterocycles. The van der Waals surface area contributed by atoms with Crippen molar-refractivity contribution < 1.29 is 0 Å². The highest BCUT2D eigenvalue weighted by molar-refractivity contribution is 9.10. The van der Waals surface area contributed by atoms with E-state index in [4.69, 9.17) is 0 Å². The molecule has 2 rings (SSSR count). The van der Waals surface area contributed by atoms with Crippen LogP contribution in [0.4, 0.5) is 5.82 Å². The molecule has 15 heavy (non-hydrogen) atoms. The number of anilines is 1. The van der Waals surface area contributed by atoms with Gasteiger partial charge in [0.05, 0.1) is 4.47 Å². The van der Waals surface area contributed by atoms with E-state index in [0.717, 1.165) is 16.8 Å². The second kappa shape index (κ2) is 4.74. The Hall–Kier alpha value is -0.220. The molecule has 1 aliphatic rings. The van der Waals surface area contributed by atoms with Gasteiger partial charge in [-0.3, -0.25) is 0 Å². The van der Waals surface area contributed by atoms with Gasteiger partial charge in [0.1, 0.15) is 5.82 Å². The largest absolute Gasteiger partial charge is 0.351 e. The van der Waals surface area contributed by atoms with Gasteiger partial charge in [0.25, 0.3) is 0 Å². The van der Waals surface area contributed by atoms with Crippen LogP contribution in [0.3, 0.4) is 0 Å². The molecule has 1 unspecified atom stereocenters. The van der Waals surface area contributed by atoms with E-state index in [2.05, 4.69) is 45.7 Å². The molecule has 0 N–H and O–H groups in total. The molecule has 1 atom stereocenters. The highest BCUT2D eigenvalue weighted by Crippen LogP contribution is 2.29. The van der Waals surface area contributed by atoms with Crippen molar-refractivity contribution in [2.75, 3.05) is 23.0 Å². The first kappa shape index (κ1) is 11.3. The minimum atomic E-state index is 0.579. The zero-order chi connectivity index (χ0) is 10.8. The van der Waals surface area contributed by atoms with Crippen LogP contribution in [0.15, 0.2) is 16.7 Å². The van der Waals surface area contributed by atoms with Crippen LogP contribution in [0, 0.1) is 6.92 Å². The van der Waals surface area contributed by atoms with Gasteiger partial charge >= 0.3 is 0 Å². The van der Waals surface area contributed by atoms with Crippen molar-refractivity contribution in [3.63, 3.8) is 0 Å². The summed E-state index contributed by atoms with van der Waals surface area (Å²) in [5.74, 6) is 3.49. The summed E-state index contributed by atoms with van der Waals surface area (Å²) in [6.07, 6.45) is 1.94. The Balaban J connectivity index is 2.27. The summed E-state index contributed by atoms with van der Waals surface area (Å²) in [4.78, 5) is 6.91. The standard InChI is InChI=1S/C11H15BrN2S/c1-8-5-10(12)11(13-6-8)14-3-4-15-7-9(14)2/h5-6,9H,3-4,7H2,1-2H3. The number of halogens is 1. The van der Waals surface area contributed by atoms with Gasteiger partial charge in [0, 0.05) is 30.3 Å². The summed E-state index contributed by atoms with van der Waals surface area (Å²) in [6.45, 7) is 5.43. The van der Waals surface area contributed by atoms with Gasteiger partial charge in [-0.25, -0.2) is 4.98 Å². The quantitative estimate of drug-likeness (QED) is 0.789. The van der Waals surface area contributed by atoms with Gasteiger partial charge in [-0.15, -0.1) is 0 Å². The summed E-state index contributed by atoms with van der Waals surface area (Å²) in [6, 6.07) is 2.71. The lowest BCUT2D eigenvalue weighted by Crippen LogP contribution is -2.41. The first-order valence-corrected chi connectivity index (χ1v) is 7.10. The van der Waals surface area contributed by atoms with E-state index in [1.165, 1.54) is 17.1 Å². The fourth-order valence-electron chi connectivity index (χ4n) is 1.78. The van der Waals surface area contributed by atoms with Crippen LogP contribution in [-0.2, 0) is 0 Å². The molecule has 0 radical (unpaired) electrons. The van der Waals surface area contributed by atoms with Gasteiger partial charge in [0.15, 0.2) is 0 Å². The molecule has 2 nitrogen and oxygen atoms in total. The SMILES string of the molecule is Cc1cnc(N2CCSCC2C)c(Br)c1. The molecule has 0 aromatic carbocycles. The summed E-state index contributed by atoms with van der Waals surface area (Å²) in [7, 11) is 0. The third-order valence-electron chi connectivity index (χ3n) is 2.60. The molecule has 0 saturated carbocycles. The van der Waals surface area contributed by atoms with Crippen LogP contribution in [0.25, 0.3) is 0 Å². The number of aromatic nitrogens is 1. The number of nitrogens with zero attached hydrogens (tertiary/aromatic N) is 2. The summed E-state index contributed by atoms with van der Waals surface area (Å²) >= 11 is 5.62. The molecule has 0 amide bonds. The van der Waals surface area contributed by atoms with Crippen LogP contribution in [0.2, 0.25) is 0 Å². The Kier molecular flexibility index (Phi) is 3.57. The minimum absolute atomic E-state index is 0.579. The lowest BCUT2D eigenvalue weighted by atomic mass is 10.2. The minimum Gasteiger partial charge on any atom is -0.351 e. The molecule has 1 fully saturated rings. The van der Waals surface area contributed by atoms with E-state index in [0.29, 0.717) is 6.04 Å². The van der Waals surface area contributed by atoms with Crippen molar-refractivity contribution in [3.8, 4) is 0 Å². The Morgan fingerprint density at radius 3 is 3.07 bits per heavy atom. The van der Waals surface area contributed by atoms with Crippen LogP contribution in [0.1, 0.15) is 12.5 Å². The third-order valence-corrected chi connectivity index (χ3v) is 4.37. The summed E-state index contributed by atoms with van der Waals surface area (Å²) in [5.41, 5.74) is 1.20. The number of aryl methyl sites for hydroxylation is 1. The fraction of sp³-hybridized carbons (Fsp3) is 0.545. The maximum Gasteiger partial charge on any atom is 0.143 e. The molecule has 0 aliphatic carbocycles. The van der Waals surface area contributed by atoms with Crippen LogP contribution in [-0.4, -0.2) is 29.1 Å². The molecule has 1 saturated heterocycles. The van der Waals surface area contributed by atoms with E-state index in [1.54, 1.807) is 0 Å². The van der Waals surface area contributed by atoms with E-state index in [-0.39, 0.29) is 0 Å². The molecule has 4 heteroatoms. The Morgan fingerprint density at radius 1 is 1.60 bits per heavy atom. The molecule has 82 valence electrons. The van der Waals surface area contributed by atoms with E-state index < -0.39 is 0 Å². The average Bonchev–Trinajstić information content (AvgIpc) is 2.20. The Labute approximate surface area is 104 Å². The van der Waals surface area contributed by atoms with E-state index in [1.807, 2.05) is 18.0 Å². The van der Waals surface area contributed by atoms with E-state index >= 15 is 0 Å². The van der Waals surface area contributed by atoms with Crippen molar-refractivity contribution in [2.24, 2.45) is 0 Å².